The van der Waals surface area contributed by atoms with E-state index in [-0.39, 0.29) is 29.3 Å². The van der Waals surface area contributed by atoms with Crippen LogP contribution in [0.3, 0.4) is 0 Å². The Balaban J connectivity index is 2.91. The smallest absolute Gasteiger partial charge is 0.221 e. The number of amides is 1. The van der Waals surface area contributed by atoms with E-state index in [1.807, 2.05) is 0 Å². The second kappa shape index (κ2) is 5.57. The van der Waals surface area contributed by atoms with E-state index in [0.717, 1.165) is 19.4 Å². The van der Waals surface area contributed by atoms with Crippen molar-refractivity contribution in [2.45, 2.75) is 65.6 Å². The number of hydrogen-bond acceptors (Lipinski definition) is 3. The van der Waals surface area contributed by atoms with E-state index in [1.165, 1.54) is 0 Å². The number of rotatable bonds is 3. The summed E-state index contributed by atoms with van der Waals surface area (Å²) in [5, 5.41) is 0. The largest absolute Gasteiger partial charge is 0.369 e. The second-order valence-electron chi connectivity index (χ2n) is 6.89. The minimum Gasteiger partial charge on any atom is -0.369 e. The zero-order valence-electron chi connectivity index (χ0n) is 12.4. The Labute approximate surface area is 111 Å². The second-order valence-corrected chi connectivity index (χ2v) is 6.89. The normalized spacial score (nSPS) is 29.9. The fraction of sp³-hybridized carbons (Fsp3) is 0.929. The van der Waals surface area contributed by atoms with Crippen LogP contribution in [-0.2, 0) is 4.79 Å². The summed E-state index contributed by atoms with van der Waals surface area (Å²) in [7, 11) is 0. The third-order valence-electron chi connectivity index (χ3n) is 4.08. The summed E-state index contributed by atoms with van der Waals surface area (Å²) in [6, 6.07) is 0.824. The molecule has 0 radical (unpaired) electrons. The first kappa shape index (κ1) is 15.4. The third-order valence-corrected chi connectivity index (χ3v) is 4.08. The van der Waals surface area contributed by atoms with Crippen LogP contribution in [0.4, 0.5) is 0 Å². The summed E-state index contributed by atoms with van der Waals surface area (Å²) in [6.07, 6.45) is 1.93. The number of likely N-dealkylation sites (tertiary alicyclic amines) is 1. The maximum absolute atomic E-state index is 11.4. The zero-order valence-corrected chi connectivity index (χ0v) is 12.4. The molecule has 106 valence electrons. The van der Waals surface area contributed by atoms with Crippen LogP contribution < -0.4 is 11.5 Å². The van der Waals surface area contributed by atoms with Crippen LogP contribution in [-0.4, -0.2) is 35.5 Å². The monoisotopic (exact) mass is 255 g/mol. The van der Waals surface area contributed by atoms with E-state index in [1.54, 1.807) is 0 Å². The zero-order chi connectivity index (χ0) is 14.1. The molecule has 4 heteroatoms. The highest BCUT2D eigenvalue weighted by Crippen LogP contribution is 2.33. The molecule has 1 heterocycles. The molecule has 1 aliphatic rings. The Bertz CT molecular complexity index is 296. The average molecular weight is 255 g/mol. The SMILES string of the molecule is CC(N)C(N1CC(C(N)=O)CCC1C)C(C)(C)C. The highest BCUT2D eigenvalue weighted by atomic mass is 16.1. The van der Waals surface area contributed by atoms with Crippen molar-refractivity contribution in [2.75, 3.05) is 6.54 Å². The predicted octanol–water partition coefficient (Wildman–Crippen LogP) is 1.33. The molecule has 0 aromatic heterocycles. The van der Waals surface area contributed by atoms with E-state index >= 15 is 0 Å². The number of nitrogens with two attached hydrogens (primary N) is 2. The predicted molar refractivity (Wildman–Crippen MR) is 75.0 cm³/mol. The summed E-state index contributed by atoms with van der Waals surface area (Å²) in [5.74, 6) is -0.200. The number of piperidine rings is 1. The van der Waals surface area contributed by atoms with Gasteiger partial charge in [-0.2, -0.15) is 0 Å². The Morgan fingerprint density at radius 1 is 1.33 bits per heavy atom. The van der Waals surface area contributed by atoms with Crippen LogP contribution in [0.25, 0.3) is 0 Å². The molecule has 1 rings (SSSR count). The van der Waals surface area contributed by atoms with Crippen molar-refractivity contribution < 1.29 is 4.79 Å². The highest BCUT2D eigenvalue weighted by molar-refractivity contribution is 5.77. The lowest BCUT2D eigenvalue weighted by Crippen LogP contribution is -2.60. The molecule has 4 N–H and O–H groups in total. The van der Waals surface area contributed by atoms with Crippen molar-refractivity contribution >= 4 is 5.91 Å². The summed E-state index contributed by atoms with van der Waals surface area (Å²) in [5.41, 5.74) is 11.7. The van der Waals surface area contributed by atoms with Crippen LogP contribution in [0.1, 0.15) is 47.5 Å². The molecule has 0 aromatic rings. The van der Waals surface area contributed by atoms with Gasteiger partial charge in [-0.15, -0.1) is 0 Å². The van der Waals surface area contributed by atoms with Gasteiger partial charge in [0, 0.05) is 24.7 Å². The number of carbonyl (C=O) groups is 1. The fourth-order valence-corrected chi connectivity index (χ4v) is 3.34. The summed E-state index contributed by atoms with van der Waals surface area (Å²) < 4.78 is 0. The van der Waals surface area contributed by atoms with Gasteiger partial charge in [0.15, 0.2) is 0 Å². The van der Waals surface area contributed by atoms with Crippen molar-refractivity contribution in [1.82, 2.24) is 4.90 Å². The molecule has 4 nitrogen and oxygen atoms in total. The molecule has 0 saturated carbocycles. The topological polar surface area (TPSA) is 72.3 Å². The molecule has 1 fully saturated rings. The average Bonchev–Trinajstić information content (AvgIpc) is 2.18. The molecule has 1 aliphatic heterocycles. The van der Waals surface area contributed by atoms with Gasteiger partial charge in [-0.05, 0) is 32.1 Å². The fourth-order valence-electron chi connectivity index (χ4n) is 3.34. The maximum Gasteiger partial charge on any atom is 0.221 e. The molecule has 1 saturated heterocycles. The molecule has 18 heavy (non-hydrogen) atoms. The molecule has 0 aromatic carbocycles. The van der Waals surface area contributed by atoms with E-state index in [0.29, 0.717) is 6.04 Å². The Kier molecular flexibility index (Phi) is 4.78. The van der Waals surface area contributed by atoms with Crippen LogP contribution in [0, 0.1) is 11.3 Å². The van der Waals surface area contributed by atoms with Crippen LogP contribution in [0.5, 0.6) is 0 Å². The number of nitrogens with zero attached hydrogens (tertiary/aromatic N) is 1. The van der Waals surface area contributed by atoms with Gasteiger partial charge in [-0.25, -0.2) is 0 Å². The lowest BCUT2D eigenvalue weighted by Gasteiger charge is -2.49. The van der Waals surface area contributed by atoms with Crippen molar-refractivity contribution in [2.24, 2.45) is 22.8 Å². The van der Waals surface area contributed by atoms with E-state index in [2.05, 4.69) is 39.5 Å². The molecule has 4 unspecified atom stereocenters. The number of hydrogen-bond donors (Lipinski definition) is 2. The standard InChI is InChI=1S/C14H29N3O/c1-9-6-7-11(13(16)18)8-17(9)12(10(2)15)14(3,4)5/h9-12H,6-8,15H2,1-5H3,(H2,16,18). The van der Waals surface area contributed by atoms with E-state index in [4.69, 9.17) is 11.5 Å². The Hall–Kier alpha value is -0.610. The number of primary amides is 1. The molecular formula is C14H29N3O. The first-order valence-corrected chi connectivity index (χ1v) is 6.95. The Morgan fingerprint density at radius 2 is 1.89 bits per heavy atom. The van der Waals surface area contributed by atoms with Gasteiger partial charge >= 0.3 is 0 Å². The molecule has 1 amide bonds. The quantitative estimate of drug-likeness (QED) is 0.799. The van der Waals surface area contributed by atoms with Crippen LogP contribution in [0.2, 0.25) is 0 Å². The van der Waals surface area contributed by atoms with Crippen LogP contribution >= 0.6 is 0 Å². The number of carbonyl (C=O) groups excluding carboxylic acids is 1. The molecule has 0 aliphatic carbocycles. The third kappa shape index (κ3) is 3.45. The van der Waals surface area contributed by atoms with Gasteiger partial charge in [-0.3, -0.25) is 9.69 Å². The summed E-state index contributed by atoms with van der Waals surface area (Å²) in [6.45, 7) is 11.7. The van der Waals surface area contributed by atoms with E-state index in [9.17, 15) is 4.79 Å². The van der Waals surface area contributed by atoms with Crippen molar-refractivity contribution in [3.8, 4) is 0 Å². The van der Waals surface area contributed by atoms with Crippen molar-refractivity contribution in [3.63, 3.8) is 0 Å². The lowest BCUT2D eigenvalue weighted by atomic mass is 9.79. The van der Waals surface area contributed by atoms with Gasteiger partial charge in [0.05, 0.1) is 5.92 Å². The van der Waals surface area contributed by atoms with Crippen LogP contribution in [0.15, 0.2) is 0 Å². The lowest BCUT2D eigenvalue weighted by molar-refractivity contribution is -0.125. The minimum absolute atomic E-state index is 0.0233. The van der Waals surface area contributed by atoms with Gasteiger partial charge in [0.2, 0.25) is 5.91 Å². The minimum atomic E-state index is -0.177. The first-order chi connectivity index (χ1) is 8.14. The molecule has 0 spiro atoms. The van der Waals surface area contributed by atoms with Gasteiger partial charge in [0.25, 0.3) is 0 Å². The first-order valence-electron chi connectivity index (χ1n) is 6.95. The molecular weight excluding hydrogens is 226 g/mol. The maximum atomic E-state index is 11.4. The highest BCUT2D eigenvalue weighted by Gasteiger charge is 2.39. The molecule has 0 bridgehead atoms. The van der Waals surface area contributed by atoms with Gasteiger partial charge < -0.3 is 11.5 Å². The summed E-state index contributed by atoms with van der Waals surface area (Å²) >= 11 is 0. The Morgan fingerprint density at radius 3 is 2.28 bits per heavy atom. The van der Waals surface area contributed by atoms with Crippen molar-refractivity contribution in [3.05, 3.63) is 0 Å². The summed E-state index contributed by atoms with van der Waals surface area (Å²) in [4.78, 5) is 13.8. The van der Waals surface area contributed by atoms with Crippen molar-refractivity contribution in [1.29, 1.82) is 0 Å². The van der Waals surface area contributed by atoms with Gasteiger partial charge in [0.1, 0.15) is 0 Å². The van der Waals surface area contributed by atoms with Gasteiger partial charge in [-0.1, -0.05) is 20.8 Å². The molecule has 4 atom stereocenters. The van der Waals surface area contributed by atoms with E-state index < -0.39 is 0 Å².